The average molecular weight is 528 g/mol. The van der Waals surface area contributed by atoms with Crippen molar-refractivity contribution in [3.63, 3.8) is 0 Å². The molecule has 0 aromatic carbocycles. The van der Waals surface area contributed by atoms with E-state index in [9.17, 15) is 27.6 Å². The molecule has 0 heterocycles. The third kappa shape index (κ3) is 91.9. The SMILES string of the molecule is CO[As](=O)([O-])[O-].CO[As](=O)([O-])[O-].C[As](=O)(O)O.[Ca+2].[Ca+2]. The number of hydrogen-bond acceptors (Lipinski definition) is 9. The van der Waals surface area contributed by atoms with Gasteiger partial charge in [0, 0.05) is 0 Å². The van der Waals surface area contributed by atoms with E-state index in [1.807, 2.05) is 0 Å². The maximum absolute atomic E-state index is 9.39. The summed E-state index contributed by atoms with van der Waals surface area (Å²) in [6, 6.07) is 0. The smallest absolute Gasteiger partial charge is 2.00 e. The number of hydrogen-bond donors (Lipinski definition) is 2. The van der Waals surface area contributed by atoms with Crippen molar-refractivity contribution in [1.82, 2.24) is 0 Å². The van der Waals surface area contributed by atoms with E-state index in [4.69, 9.17) is 8.19 Å². The van der Waals surface area contributed by atoms with Crippen LogP contribution in [0.1, 0.15) is 0 Å². The fourth-order valence-electron chi connectivity index (χ4n) is 0. The molecule has 0 aliphatic rings. The van der Waals surface area contributed by atoms with Crippen molar-refractivity contribution in [2.45, 2.75) is 5.71 Å². The summed E-state index contributed by atoms with van der Waals surface area (Å²) in [7, 11) is 1.69. The van der Waals surface area contributed by atoms with Gasteiger partial charge in [0.2, 0.25) is 0 Å². The molecule has 0 amide bonds. The van der Waals surface area contributed by atoms with Crippen molar-refractivity contribution < 1.29 is 43.2 Å². The molecule has 0 aromatic rings. The molecule has 2 N–H and O–H groups in total. The van der Waals surface area contributed by atoms with Gasteiger partial charge in [-0.15, -0.1) is 0 Å². The second-order valence-corrected chi connectivity index (χ2v) is 10.9. The molecule has 0 unspecified atom stereocenters. The van der Waals surface area contributed by atoms with E-state index in [1.54, 1.807) is 0 Å². The molecule has 0 atom stereocenters. The molecule has 0 saturated heterocycles. The van der Waals surface area contributed by atoms with Crippen LogP contribution >= 0.6 is 0 Å². The van der Waals surface area contributed by atoms with Gasteiger partial charge in [-0.3, -0.25) is 0 Å². The Morgan fingerprint density at radius 2 is 0.842 bits per heavy atom. The molecule has 16 heteroatoms. The first-order valence-electron chi connectivity index (χ1n) is 3.31. The molecule has 0 fully saturated rings. The monoisotopic (exact) mass is 528 g/mol. The first-order chi connectivity index (χ1) is 7.12. The Kier molecular flexibility index (Phi) is 28.7. The van der Waals surface area contributed by atoms with Crippen molar-refractivity contribution in [1.29, 1.82) is 0 Å². The van der Waals surface area contributed by atoms with Crippen LogP contribution in [0.15, 0.2) is 0 Å². The normalized spacial score (nSPS) is 10.6. The van der Waals surface area contributed by atoms with E-state index in [-0.39, 0.29) is 75.5 Å². The van der Waals surface area contributed by atoms with Crippen LogP contribution in [-0.2, 0) is 18.7 Å². The van der Waals surface area contributed by atoms with Crippen molar-refractivity contribution in [2.24, 2.45) is 0 Å². The Labute approximate surface area is 178 Å². The molecule has 11 nitrogen and oxygen atoms in total. The molecular formula is C3H11As3Ca2O11. The van der Waals surface area contributed by atoms with Crippen LogP contribution in [0.5, 0.6) is 0 Å². The van der Waals surface area contributed by atoms with Crippen LogP contribution in [0.2, 0.25) is 5.71 Å². The molecular weight excluding hydrogens is 517 g/mol. The van der Waals surface area contributed by atoms with Crippen LogP contribution < -0.4 is 16.4 Å². The van der Waals surface area contributed by atoms with Gasteiger partial charge < -0.3 is 0 Å². The summed E-state index contributed by atoms with van der Waals surface area (Å²) >= 11 is -14.4. The van der Waals surface area contributed by atoms with E-state index < -0.39 is 43.2 Å². The van der Waals surface area contributed by atoms with E-state index in [0.717, 1.165) is 19.9 Å². The third-order valence-electron chi connectivity index (χ3n) is 0.447. The molecule has 0 radical (unpaired) electrons. The maximum atomic E-state index is 9.39. The second kappa shape index (κ2) is 16.1. The van der Waals surface area contributed by atoms with Crippen molar-refractivity contribution in [3.05, 3.63) is 0 Å². The first kappa shape index (κ1) is 33.8. The summed E-state index contributed by atoms with van der Waals surface area (Å²) in [6.45, 7) is 0. The van der Waals surface area contributed by atoms with Gasteiger partial charge in [-0.05, 0) is 0 Å². The van der Waals surface area contributed by atoms with Crippen LogP contribution in [0.4, 0.5) is 0 Å². The fourth-order valence-corrected chi connectivity index (χ4v) is 0. The summed E-state index contributed by atoms with van der Waals surface area (Å²) < 4.78 is 87.5. The van der Waals surface area contributed by atoms with Gasteiger partial charge in [0.25, 0.3) is 0 Å². The van der Waals surface area contributed by atoms with E-state index in [0.29, 0.717) is 0 Å². The van der Waals surface area contributed by atoms with Crippen molar-refractivity contribution in [2.75, 3.05) is 14.2 Å². The topological polar surface area (TPSA) is 202 Å². The van der Waals surface area contributed by atoms with Gasteiger partial charge in [0.05, 0.1) is 0 Å². The molecule has 0 aliphatic carbocycles. The van der Waals surface area contributed by atoms with Crippen molar-refractivity contribution in [3.8, 4) is 0 Å². The van der Waals surface area contributed by atoms with Gasteiger partial charge >= 0.3 is 182 Å². The zero-order chi connectivity index (χ0) is 14.9. The largest absolute Gasteiger partial charge is 2.00 e. The molecule has 0 bridgehead atoms. The number of rotatable bonds is 2. The Hall–Kier alpha value is 3.27. The standard InChI is InChI=1S/2CH5AsO4.CH5AsO3.2Ca/c2*1-6-2(3,4)5;1-2(3,4)5;;/h2*1H3,(H2,3,4,5);1H3,(H2,3,4,5);;/q;;;2*+2/p-4. The molecule has 0 aliphatic heterocycles. The van der Waals surface area contributed by atoms with Crippen LogP contribution in [0, 0.1) is 0 Å². The summed E-state index contributed by atoms with van der Waals surface area (Å²) in [5.41, 5.74) is 0.915. The predicted molar refractivity (Wildman–Crippen MR) is 55.1 cm³/mol. The Bertz CT molecular complexity index is 285. The molecule has 19 heavy (non-hydrogen) atoms. The molecule has 0 spiro atoms. The second-order valence-electron chi connectivity index (χ2n) is 2.09. The van der Waals surface area contributed by atoms with E-state index in [1.165, 1.54) is 0 Å². The predicted octanol–water partition coefficient (Wildman–Crippen LogP) is -7.35. The van der Waals surface area contributed by atoms with Crippen LogP contribution in [0.3, 0.4) is 0 Å². The van der Waals surface area contributed by atoms with Gasteiger partial charge in [-0.25, -0.2) is 0 Å². The van der Waals surface area contributed by atoms with Gasteiger partial charge in [0.1, 0.15) is 0 Å². The van der Waals surface area contributed by atoms with Gasteiger partial charge in [-0.1, -0.05) is 0 Å². The molecule has 0 aromatic heterocycles. The zero-order valence-corrected chi connectivity index (χ0v) is 20.4. The van der Waals surface area contributed by atoms with Crippen molar-refractivity contribution >= 4 is 119 Å². The van der Waals surface area contributed by atoms with Crippen LogP contribution in [-0.4, -0.2) is 141 Å². The average Bonchev–Trinajstić information content (AvgIpc) is 2.00. The van der Waals surface area contributed by atoms with E-state index in [2.05, 4.69) is 7.45 Å². The summed E-state index contributed by atoms with van der Waals surface area (Å²) in [5, 5.41) is 0. The molecule has 0 rings (SSSR count). The maximum Gasteiger partial charge on any atom is 2.00 e. The Morgan fingerprint density at radius 3 is 0.842 bits per heavy atom. The fraction of sp³-hybridized carbons (Fsp3) is 1.00. The molecule has 108 valence electrons. The minimum Gasteiger partial charge on any atom is 2.00 e. The minimum absolute atomic E-state index is 0. The van der Waals surface area contributed by atoms with Crippen LogP contribution in [0.25, 0.3) is 0 Å². The third-order valence-corrected chi connectivity index (χ3v) is 2.32. The quantitative estimate of drug-likeness (QED) is 0.323. The minimum atomic E-state index is -5.16. The van der Waals surface area contributed by atoms with Gasteiger partial charge in [0.15, 0.2) is 0 Å². The van der Waals surface area contributed by atoms with Gasteiger partial charge in [-0.2, -0.15) is 0 Å². The summed E-state index contributed by atoms with van der Waals surface area (Å²) in [4.78, 5) is 0. The summed E-state index contributed by atoms with van der Waals surface area (Å²) in [6.07, 6.45) is 0. The molecule has 0 saturated carbocycles. The zero-order valence-electron chi connectivity index (χ0n) is 10.3. The van der Waals surface area contributed by atoms with E-state index >= 15 is 0 Å². The first-order valence-corrected chi connectivity index (χ1v) is 13.8. The Morgan fingerprint density at radius 1 is 0.789 bits per heavy atom. The Balaban J connectivity index is -0.0000000492. The summed E-state index contributed by atoms with van der Waals surface area (Å²) in [5.74, 6) is 0.